The Bertz CT molecular complexity index is 997. The maximum absolute atomic E-state index is 13.6. The molecule has 0 amide bonds. The first-order valence-electron chi connectivity index (χ1n) is 9.61. The number of hydrogen-bond acceptors (Lipinski definition) is 1. The molecule has 4 aromatic rings. The van der Waals surface area contributed by atoms with Crippen molar-refractivity contribution in [3.8, 4) is 0 Å². The van der Waals surface area contributed by atoms with Crippen LogP contribution < -0.4 is 13.1 Å². The Labute approximate surface area is 184 Å². The number of benzene rings is 4. The summed E-state index contributed by atoms with van der Waals surface area (Å²) in [6.07, 6.45) is 0. The van der Waals surface area contributed by atoms with Crippen LogP contribution in [0.25, 0.3) is 0 Å². The van der Waals surface area contributed by atoms with Crippen molar-refractivity contribution in [3.05, 3.63) is 127 Å². The van der Waals surface area contributed by atoms with Gasteiger partial charge in [0.1, 0.15) is 0 Å². The van der Waals surface area contributed by atoms with Gasteiger partial charge in [0.2, 0.25) is 0 Å². The number of rotatable bonds is 6. The second kappa shape index (κ2) is 8.29. The summed E-state index contributed by atoms with van der Waals surface area (Å²) in [7, 11) is -3.81. The molecular weight excluding hydrogens is 530 g/mol. The van der Waals surface area contributed by atoms with Crippen molar-refractivity contribution in [1.29, 1.82) is 0 Å². The van der Waals surface area contributed by atoms with E-state index in [-0.39, 0.29) is 5.78 Å². The van der Waals surface area contributed by atoms with Gasteiger partial charge in [-0.3, -0.25) is 0 Å². The predicted molar refractivity (Wildman–Crippen MR) is 134 cm³/mol. The number of carbonyl (C=O) groups is 1. The Morgan fingerprint density at radius 2 is 0.862 bits per heavy atom. The van der Waals surface area contributed by atoms with Crippen LogP contribution in [0, 0.1) is 0 Å². The van der Waals surface area contributed by atoms with Gasteiger partial charge in [-0.25, -0.2) is 0 Å². The third-order valence-electron chi connectivity index (χ3n) is 5.42. The monoisotopic (exact) mass is 552 g/mol. The van der Waals surface area contributed by atoms with Gasteiger partial charge in [-0.1, -0.05) is 0 Å². The fraction of sp³-hybridized carbons (Fsp3) is 0.0385. The topological polar surface area (TPSA) is 17.1 Å². The maximum atomic E-state index is 13.6. The molecule has 0 atom stereocenters. The summed E-state index contributed by atoms with van der Waals surface area (Å²) in [5.74, 6) is 0.197. The number of Topliss-reactive ketones (excluding diaryl/α,β-unsaturated/α-hetero) is 1. The molecule has 0 fully saturated rings. The van der Waals surface area contributed by atoms with Crippen LogP contribution in [-0.2, 0) is 0 Å². The predicted octanol–water partition coefficient (Wildman–Crippen LogP) is 4.93. The molecule has 0 bridgehead atoms. The van der Waals surface area contributed by atoms with Crippen molar-refractivity contribution in [3.63, 3.8) is 0 Å². The molecule has 0 radical (unpaired) electrons. The number of ketones is 1. The molecule has 0 aliphatic rings. The van der Waals surface area contributed by atoms with Crippen LogP contribution in [0.15, 0.2) is 121 Å². The van der Waals surface area contributed by atoms with Gasteiger partial charge in [0, 0.05) is 0 Å². The summed E-state index contributed by atoms with van der Waals surface area (Å²) < 4.78 is 3.81. The molecule has 0 heterocycles. The molecule has 144 valence electrons. The Morgan fingerprint density at radius 1 is 0.552 bits per heavy atom. The van der Waals surface area contributed by atoms with Crippen LogP contribution in [0.2, 0.25) is 5.21 Å². The average molecular weight is 552 g/mol. The molecule has 3 heteroatoms. The fourth-order valence-electron chi connectivity index (χ4n) is 3.92. The van der Waals surface area contributed by atoms with E-state index in [0.717, 1.165) is 5.56 Å². The van der Waals surface area contributed by atoms with E-state index in [0.29, 0.717) is 5.21 Å². The zero-order valence-electron chi connectivity index (χ0n) is 16.0. The molecule has 0 spiro atoms. The van der Waals surface area contributed by atoms with Crippen molar-refractivity contribution in [2.24, 2.45) is 0 Å². The molecule has 0 aromatic heterocycles. The van der Waals surface area contributed by atoms with Gasteiger partial charge < -0.3 is 0 Å². The molecule has 0 aliphatic heterocycles. The van der Waals surface area contributed by atoms with E-state index in [9.17, 15) is 4.79 Å². The van der Waals surface area contributed by atoms with Crippen LogP contribution in [0.4, 0.5) is 0 Å². The van der Waals surface area contributed by atoms with E-state index >= 15 is 0 Å². The minimum absolute atomic E-state index is 0.197. The van der Waals surface area contributed by atoms with Crippen LogP contribution in [0.5, 0.6) is 0 Å². The van der Waals surface area contributed by atoms with E-state index in [4.69, 9.17) is 0 Å². The fourth-order valence-corrected chi connectivity index (χ4v) is 20.1. The summed E-state index contributed by atoms with van der Waals surface area (Å²) in [4.78, 5) is 13.6. The van der Waals surface area contributed by atoms with Gasteiger partial charge in [-0.15, -0.1) is 0 Å². The normalized spacial score (nSPS) is 12.7. The second-order valence-electron chi connectivity index (χ2n) is 7.14. The van der Waals surface area contributed by atoms with Crippen LogP contribution in [-0.4, -0.2) is 14.9 Å². The Hall–Kier alpha value is -2.16. The zero-order valence-corrected chi connectivity index (χ0v) is 20.0. The Balaban J connectivity index is 2.03. The van der Waals surface area contributed by atoms with E-state index in [1.165, 1.54) is 13.1 Å². The molecule has 0 saturated heterocycles. The van der Waals surface area contributed by atoms with E-state index < -0.39 is 9.10 Å². The summed E-state index contributed by atoms with van der Waals surface area (Å²) >= 11 is 2.71. The van der Waals surface area contributed by atoms with E-state index in [1.807, 2.05) is 48.5 Å². The average Bonchev–Trinajstić information content (AvgIpc) is 2.81. The summed E-state index contributed by atoms with van der Waals surface area (Å²) in [5, 5.41) is 0.501. The van der Waals surface area contributed by atoms with Gasteiger partial charge in [-0.05, 0) is 0 Å². The van der Waals surface area contributed by atoms with E-state index in [2.05, 4.69) is 92.9 Å². The first kappa shape index (κ1) is 20.1. The zero-order chi connectivity index (χ0) is 20.2. The third-order valence-corrected chi connectivity index (χ3v) is 26.4. The molecule has 4 rings (SSSR count). The van der Waals surface area contributed by atoms with E-state index in [1.54, 1.807) is 0 Å². The van der Waals surface area contributed by atoms with Crippen molar-refractivity contribution in [2.45, 2.75) is 5.21 Å². The number of carbonyl (C=O) groups excluding carboxylic acids is 1. The Kier molecular flexibility index (Phi) is 5.76. The summed E-state index contributed by atoms with van der Waals surface area (Å²) in [5.41, 5.74) is 0.777. The quantitative estimate of drug-likeness (QED) is 0.189. The first-order chi connectivity index (χ1) is 14.1. The van der Waals surface area contributed by atoms with Gasteiger partial charge in [-0.2, -0.15) is 0 Å². The Morgan fingerprint density at radius 3 is 1.21 bits per heavy atom. The number of hydrogen-bond donors (Lipinski definition) is 0. The van der Waals surface area contributed by atoms with Crippen molar-refractivity contribution in [1.82, 2.24) is 0 Å². The minimum atomic E-state index is -3.81. The molecular formula is C26H22AsIO. The second-order valence-corrected chi connectivity index (χ2v) is 27.1. The standard InChI is InChI=1S/C26H22AsIO/c28-27(23-15-7-2-8-16-23,24-17-9-3-10-18-24,25-19-11-4-12-20-25)21-26(29)22-13-5-1-6-14-22/h1-20H,21H2. The SMILES string of the molecule is O=C(C[As](I)(c1ccccc1)(c1ccccc1)c1ccccc1)c1ccccc1. The third kappa shape index (κ3) is 3.60. The molecule has 0 saturated carbocycles. The summed E-state index contributed by atoms with van der Waals surface area (Å²) in [6, 6.07) is 41.6. The molecule has 0 N–H and O–H groups in total. The van der Waals surface area contributed by atoms with Gasteiger partial charge in [0.15, 0.2) is 0 Å². The first-order valence-corrected chi connectivity index (χ1v) is 19.5. The van der Waals surface area contributed by atoms with Crippen LogP contribution in [0.3, 0.4) is 0 Å². The molecule has 1 nitrogen and oxygen atoms in total. The molecule has 4 aromatic carbocycles. The van der Waals surface area contributed by atoms with Crippen LogP contribution >= 0.6 is 20.1 Å². The van der Waals surface area contributed by atoms with Crippen molar-refractivity contribution in [2.75, 3.05) is 0 Å². The van der Waals surface area contributed by atoms with Crippen molar-refractivity contribution >= 4 is 48.1 Å². The molecule has 29 heavy (non-hydrogen) atoms. The summed E-state index contributed by atoms with van der Waals surface area (Å²) in [6.45, 7) is 0. The van der Waals surface area contributed by atoms with Crippen LogP contribution in [0.1, 0.15) is 10.4 Å². The number of halogens is 1. The molecule has 0 aliphatic carbocycles. The van der Waals surface area contributed by atoms with Gasteiger partial charge in [0.25, 0.3) is 0 Å². The molecule has 0 unspecified atom stereocenters. The van der Waals surface area contributed by atoms with Crippen molar-refractivity contribution < 1.29 is 4.79 Å². The van der Waals surface area contributed by atoms with Gasteiger partial charge >= 0.3 is 185 Å². The van der Waals surface area contributed by atoms with Gasteiger partial charge in [0.05, 0.1) is 0 Å².